The molecule has 3 rings (SSSR count). The van der Waals surface area contributed by atoms with Crippen molar-refractivity contribution in [3.63, 3.8) is 0 Å². The number of piperidine rings is 1. The number of hydrogen-bond acceptors (Lipinski definition) is 4. The van der Waals surface area contributed by atoms with Gasteiger partial charge >= 0.3 is 0 Å². The highest BCUT2D eigenvalue weighted by molar-refractivity contribution is 5.80. The number of nitrogens with zero attached hydrogens (tertiary/aromatic N) is 2. The minimum absolute atomic E-state index is 0.309. The summed E-state index contributed by atoms with van der Waals surface area (Å²) in [4.78, 5) is 7.06. The summed E-state index contributed by atoms with van der Waals surface area (Å²) < 4.78 is 11.7. The third-order valence-corrected chi connectivity index (χ3v) is 5.68. The fourth-order valence-electron chi connectivity index (χ4n) is 4.09. The van der Waals surface area contributed by atoms with E-state index in [-0.39, 0.29) is 0 Å². The maximum atomic E-state index is 10.5. The summed E-state index contributed by atoms with van der Waals surface area (Å²) in [6.45, 7) is 7.02. The summed E-state index contributed by atoms with van der Waals surface area (Å²) in [7, 11) is 0. The van der Waals surface area contributed by atoms with Gasteiger partial charge in [-0.05, 0) is 45.4 Å². The predicted molar refractivity (Wildman–Crippen MR) is 98.9 cm³/mol. The molecule has 0 aromatic heterocycles. The van der Waals surface area contributed by atoms with E-state index in [1.54, 1.807) is 0 Å². The van der Waals surface area contributed by atoms with Crippen LogP contribution in [0.3, 0.4) is 0 Å². The molecule has 2 saturated heterocycles. The lowest BCUT2D eigenvalue weighted by Gasteiger charge is -2.35. The highest BCUT2D eigenvalue weighted by Gasteiger charge is 2.31. The van der Waals surface area contributed by atoms with Crippen LogP contribution in [0.2, 0.25) is 0 Å². The first-order valence-corrected chi connectivity index (χ1v) is 10.2. The van der Waals surface area contributed by atoms with E-state index in [1.807, 2.05) is 0 Å². The van der Waals surface area contributed by atoms with Gasteiger partial charge in [0.15, 0.2) is 5.96 Å². The molecule has 1 aliphatic carbocycles. The minimum Gasteiger partial charge on any atom is -0.388 e. The van der Waals surface area contributed by atoms with Crippen LogP contribution in [0.5, 0.6) is 0 Å². The quantitative estimate of drug-likeness (QED) is 0.564. The maximum absolute atomic E-state index is 10.5. The molecular weight excluding hydrogens is 318 g/mol. The zero-order valence-electron chi connectivity index (χ0n) is 15.7. The van der Waals surface area contributed by atoms with Crippen LogP contribution in [0.25, 0.3) is 0 Å². The third kappa shape index (κ3) is 5.56. The van der Waals surface area contributed by atoms with Gasteiger partial charge in [0.05, 0.1) is 31.0 Å². The number of likely N-dealkylation sites (tertiary alicyclic amines) is 1. The lowest BCUT2D eigenvalue weighted by atomic mass is 10.0. The van der Waals surface area contributed by atoms with Crippen molar-refractivity contribution in [2.45, 2.75) is 76.1 Å². The summed E-state index contributed by atoms with van der Waals surface area (Å²) in [6.07, 6.45) is 9.02. The number of guanidine groups is 1. The van der Waals surface area contributed by atoms with Gasteiger partial charge < -0.3 is 24.8 Å². The van der Waals surface area contributed by atoms with E-state index in [2.05, 4.69) is 17.1 Å². The molecule has 0 bridgehead atoms. The Bertz CT molecular complexity index is 424. The second kappa shape index (κ2) is 9.19. The van der Waals surface area contributed by atoms with Crippen molar-refractivity contribution in [2.75, 3.05) is 39.4 Å². The van der Waals surface area contributed by atoms with Crippen molar-refractivity contribution >= 4 is 5.96 Å². The normalized spacial score (nSPS) is 27.8. The summed E-state index contributed by atoms with van der Waals surface area (Å²) in [5.41, 5.74) is -0.580. The monoisotopic (exact) mass is 353 g/mol. The molecule has 2 N–H and O–H groups in total. The SMILES string of the molecule is CCNC(=NCC1(O)CCCC1)N1CCC(OCC2CCCO2)CC1. The molecule has 6 nitrogen and oxygen atoms in total. The summed E-state index contributed by atoms with van der Waals surface area (Å²) in [5.74, 6) is 0.945. The molecule has 0 aromatic carbocycles. The first kappa shape index (κ1) is 18.9. The summed E-state index contributed by atoms with van der Waals surface area (Å²) >= 11 is 0. The van der Waals surface area contributed by atoms with Gasteiger partial charge in [0, 0.05) is 26.2 Å². The Labute approximate surface area is 152 Å². The lowest BCUT2D eigenvalue weighted by molar-refractivity contribution is -0.0367. The Kier molecular flexibility index (Phi) is 6.96. The number of aliphatic hydroxyl groups is 1. The fourth-order valence-corrected chi connectivity index (χ4v) is 4.09. The number of aliphatic imine (C=N–C) groups is 1. The van der Waals surface area contributed by atoms with Crippen molar-refractivity contribution in [3.05, 3.63) is 0 Å². The maximum Gasteiger partial charge on any atom is 0.194 e. The standard InChI is InChI=1S/C19H35N3O3/c1-2-20-18(21-15-19(23)9-3-4-10-19)22-11-7-16(8-12-22)25-14-17-6-5-13-24-17/h16-17,23H,2-15H2,1H3,(H,20,21). The first-order chi connectivity index (χ1) is 12.2. The van der Waals surface area contributed by atoms with Crippen LogP contribution < -0.4 is 5.32 Å². The predicted octanol–water partition coefficient (Wildman–Crippen LogP) is 1.92. The van der Waals surface area contributed by atoms with Crippen LogP contribution >= 0.6 is 0 Å². The molecule has 1 saturated carbocycles. The lowest BCUT2D eigenvalue weighted by Crippen LogP contribution is -2.48. The van der Waals surface area contributed by atoms with Gasteiger partial charge in [0.2, 0.25) is 0 Å². The van der Waals surface area contributed by atoms with Crippen molar-refractivity contribution in [1.82, 2.24) is 10.2 Å². The molecule has 3 fully saturated rings. The van der Waals surface area contributed by atoms with Crippen LogP contribution in [0.15, 0.2) is 4.99 Å². The number of ether oxygens (including phenoxy) is 2. The zero-order valence-corrected chi connectivity index (χ0v) is 15.7. The van der Waals surface area contributed by atoms with Crippen LogP contribution in [0, 0.1) is 0 Å². The number of rotatable bonds is 6. The van der Waals surface area contributed by atoms with E-state index in [0.717, 1.165) is 83.8 Å². The molecule has 1 atom stereocenters. The minimum atomic E-state index is -0.580. The van der Waals surface area contributed by atoms with Crippen molar-refractivity contribution in [2.24, 2.45) is 4.99 Å². The molecule has 144 valence electrons. The van der Waals surface area contributed by atoms with E-state index in [1.165, 1.54) is 6.42 Å². The molecule has 0 spiro atoms. The Morgan fingerprint density at radius 3 is 2.64 bits per heavy atom. The molecule has 1 unspecified atom stereocenters. The van der Waals surface area contributed by atoms with Crippen LogP contribution in [0.1, 0.15) is 58.3 Å². The molecule has 6 heteroatoms. The second-order valence-corrected chi connectivity index (χ2v) is 7.76. The highest BCUT2D eigenvalue weighted by atomic mass is 16.5. The van der Waals surface area contributed by atoms with Crippen molar-refractivity contribution < 1.29 is 14.6 Å². The molecule has 25 heavy (non-hydrogen) atoms. The van der Waals surface area contributed by atoms with Crippen molar-refractivity contribution in [1.29, 1.82) is 0 Å². The summed E-state index contributed by atoms with van der Waals surface area (Å²) in [5, 5.41) is 13.9. The Morgan fingerprint density at radius 1 is 1.24 bits per heavy atom. The van der Waals surface area contributed by atoms with Gasteiger partial charge in [-0.25, -0.2) is 0 Å². The topological polar surface area (TPSA) is 66.3 Å². The van der Waals surface area contributed by atoms with Gasteiger partial charge in [-0.3, -0.25) is 4.99 Å². The van der Waals surface area contributed by atoms with E-state index in [9.17, 15) is 5.11 Å². The number of nitrogens with one attached hydrogen (secondary N) is 1. The average molecular weight is 354 g/mol. The van der Waals surface area contributed by atoms with Crippen molar-refractivity contribution in [3.8, 4) is 0 Å². The highest BCUT2D eigenvalue weighted by Crippen LogP contribution is 2.29. The van der Waals surface area contributed by atoms with Gasteiger partial charge in [-0.1, -0.05) is 12.8 Å². The van der Waals surface area contributed by atoms with Gasteiger partial charge in [-0.2, -0.15) is 0 Å². The van der Waals surface area contributed by atoms with Gasteiger partial charge in [-0.15, -0.1) is 0 Å². The van der Waals surface area contributed by atoms with Crippen LogP contribution in [-0.2, 0) is 9.47 Å². The van der Waals surface area contributed by atoms with E-state index >= 15 is 0 Å². The van der Waals surface area contributed by atoms with E-state index in [0.29, 0.717) is 18.8 Å². The third-order valence-electron chi connectivity index (χ3n) is 5.68. The average Bonchev–Trinajstić information content (AvgIpc) is 3.29. The summed E-state index contributed by atoms with van der Waals surface area (Å²) in [6, 6.07) is 0. The first-order valence-electron chi connectivity index (χ1n) is 10.2. The van der Waals surface area contributed by atoms with Gasteiger partial charge in [0.25, 0.3) is 0 Å². The molecule has 2 heterocycles. The second-order valence-electron chi connectivity index (χ2n) is 7.76. The van der Waals surface area contributed by atoms with Gasteiger partial charge in [0.1, 0.15) is 0 Å². The molecule has 2 aliphatic heterocycles. The van der Waals surface area contributed by atoms with E-state index in [4.69, 9.17) is 14.5 Å². The molecule has 0 aromatic rings. The Morgan fingerprint density at radius 2 is 2.00 bits per heavy atom. The van der Waals surface area contributed by atoms with Crippen LogP contribution in [-0.4, -0.2) is 73.2 Å². The fraction of sp³-hybridized carbons (Fsp3) is 0.947. The molecular formula is C19H35N3O3. The molecule has 3 aliphatic rings. The molecule has 0 radical (unpaired) electrons. The Hall–Kier alpha value is -0.850. The Balaban J connectivity index is 1.44. The smallest absolute Gasteiger partial charge is 0.194 e. The molecule has 0 amide bonds. The largest absolute Gasteiger partial charge is 0.388 e. The van der Waals surface area contributed by atoms with Crippen LogP contribution in [0.4, 0.5) is 0 Å². The van der Waals surface area contributed by atoms with E-state index < -0.39 is 5.60 Å². The number of hydrogen-bond donors (Lipinski definition) is 2. The zero-order chi connectivity index (χ0) is 17.5.